The van der Waals surface area contributed by atoms with Crippen molar-refractivity contribution >= 4 is 11.6 Å². The fourth-order valence-corrected chi connectivity index (χ4v) is 2.88. The predicted octanol–water partition coefficient (Wildman–Crippen LogP) is 5.15. The van der Waals surface area contributed by atoms with Crippen LogP contribution in [0, 0.1) is 23.6 Å². The molecule has 1 aromatic carbocycles. The molecule has 1 fully saturated rings. The topological polar surface area (TPSA) is 9.23 Å². The summed E-state index contributed by atoms with van der Waals surface area (Å²) < 4.78 is 19.8. The largest absolute Gasteiger partial charge is 0.487 e. The second kappa shape index (κ2) is 8.29. The second-order valence-corrected chi connectivity index (χ2v) is 5.94. The Hall–Kier alpha value is -1.20. The molecule has 2 atom stereocenters. The molecule has 0 bridgehead atoms. The molecule has 1 nitrogen and oxygen atoms in total. The van der Waals surface area contributed by atoms with Gasteiger partial charge in [0.2, 0.25) is 0 Å². The molecule has 0 amide bonds. The molecule has 0 aromatic heterocycles. The van der Waals surface area contributed by atoms with E-state index in [0.717, 1.165) is 18.4 Å². The highest BCUT2D eigenvalue weighted by Crippen LogP contribution is 2.30. The van der Waals surface area contributed by atoms with Gasteiger partial charge in [-0.25, -0.2) is 4.39 Å². The zero-order valence-corrected chi connectivity index (χ0v) is 13.3. The van der Waals surface area contributed by atoms with Crippen LogP contribution in [-0.2, 0) is 0 Å². The number of alkyl halides is 1. The van der Waals surface area contributed by atoms with Gasteiger partial charge in [-0.05, 0) is 43.4 Å². The van der Waals surface area contributed by atoms with Gasteiger partial charge in [-0.2, -0.15) is 0 Å². The number of rotatable bonds is 4. The van der Waals surface area contributed by atoms with Gasteiger partial charge in [0.25, 0.3) is 0 Å². The van der Waals surface area contributed by atoms with Gasteiger partial charge in [-0.15, -0.1) is 11.6 Å². The first-order valence-corrected chi connectivity index (χ1v) is 8.27. The van der Waals surface area contributed by atoms with Crippen LogP contribution in [0.3, 0.4) is 0 Å². The van der Waals surface area contributed by atoms with Crippen molar-refractivity contribution in [2.45, 2.75) is 51.6 Å². The van der Waals surface area contributed by atoms with Crippen molar-refractivity contribution in [3.63, 3.8) is 0 Å². The summed E-state index contributed by atoms with van der Waals surface area (Å²) in [5.74, 6) is 7.19. The summed E-state index contributed by atoms with van der Waals surface area (Å²) in [6.07, 6.45) is 6.41. The Bertz CT molecular complexity index is 518. The van der Waals surface area contributed by atoms with Crippen LogP contribution in [0.4, 0.5) is 4.39 Å². The van der Waals surface area contributed by atoms with Crippen molar-refractivity contribution in [3.8, 4) is 17.6 Å². The molecule has 114 valence electrons. The van der Waals surface area contributed by atoms with E-state index < -0.39 is 0 Å². The summed E-state index contributed by atoms with van der Waals surface area (Å²) in [6.45, 7) is 2.21. The third-order valence-corrected chi connectivity index (χ3v) is 4.18. The summed E-state index contributed by atoms with van der Waals surface area (Å²) in [5.41, 5.74) is 0.777. The maximum Gasteiger partial charge on any atom is 0.165 e. The Kier molecular flexibility index (Phi) is 6.39. The normalized spacial score (nSPS) is 21.5. The molecule has 3 heteroatoms. The Morgan fingerprint density at radius 1 is 1.38 bits per heavy atom. The highest BCUT2D eigenvalue weighted by molar-refractivity contribution is 6.18. The lowest BCUT2D eigenvalue weighted by molar-refractivity contribution is 0.117. The number of hydrogen-bond donors (Lipinski definition) is 0. The molecule has 2 unspecified atom stereocenters. The van der Waals surface area contributed by atoms with Crippen LogP contribution in [0.1, 0.15) is 51.0 Å². The van der Waals surface area contributed by atoms with E-state index in [2.05, 4.69) is 18.8 Å². The molecule has 0 aliphatic heterocycles. The Morgan fingerprint density at radius 2 is 2.24 bits per heavy atom. The van der Waals surface area contributed by atoms with Gasteiger partial charge in [0.15, 0.2) is 11.6 Å². The quantitative estimate of drug-likeness (QED) is 0.552. The highest BCUT2D eigenvalue weighted by atomic mass is 35.5. The van der Waals surface area contributed by atoms with E-state index in [9.17, 15) is 4.39 Å². The lowest BCUT2D eigenvalue weighted by Crippen LogP contribution is -2.25. The van der Waals surface area contributed by atoms with Crippen LogP contribution < -0.4 is 4.74 Å². The van der Waals surface area contributed by atoms with E-state index in [1.807, 2.05) is 0 Å². The Labute approximate surface area is 131 Å². The first kappa shape index (κ1) is 16.2. The average Bonchev–Trinajstić information content (AvgIpc) is 2.51. The van der Waals surface area contributed by atoms with Gasteiger partial charge in [0, 0.05) is 17.9 Å². The molecule has 1 aromatic rings. The van der Waals surface area contributed by atoms with E-state index in [4.69, 9.17) is 16.3 Å². The maximum absolute atomic E-state index is 13.9. The fraction of sp³-hybridized carbons (Fsp3) is 0.556. The third-order valence-electron chi connectivity index (χ3n) is 3.99. The van der Waals surface area contributed by atoms with E-state index >= 15 is 0 Å². The average molecular weight is 309 g/mol. The monoisotopic (exact) mass is 308 g/mol. The van der Waals surface area contributed by atoms with E-state index in [1.54, 1.807) is 12.1 Å². The summed E-state index contributed by atoms with van der Waals surface area (Å²) in [4.78, 5) is 0. The minimum absolute atomic E-state index is 0.129. The van der Waals surface area contributed by atoms with Gasteiger partial charge >= 0.3 is 0 Å². The van der Waals surface area contributed by atoms with Gasteiger partial charge in [0.05, 0.1) is 6.10 Å². The molecule has 2 rings (SSSR count). The molecular formula is C18H22ClFO. The molecule has 0 spiro atoms. The van der Waals surface area contributed by atoms with Gasteiger partial charge in [-0.1, -0.05) is 31.6 Å². The van der Waals surface area contributed by atoms with Gasteiger partial charge < -0.3 is 4.74 Å². The first-order chi connectivity index (χ1) is 10.2. The summed E-state index contributed by atoms with van der Waals surface area (Å²) in [6, 6.07) is 4.81. The number of hydrogen-bond acceptors (Lipinski definition) is 1. The standard InChI is InChI=1S/C18H22ClFO/c1-2-14-7-5-8-16(12-14)21-18-13-15(6-3-4-11-19)9-10-17(18)20/h9-10,13-14,16H,2,4-5,7-8,11-12H2,1H3. The zero-order chi connectivity index (χ0) is 15.1. The SMILES string of the molecule is CCC1CCCC(Oc2cc(C#CCCCl)ccc2F)C1. The molecule has 1 saturated carbocycles. The first-order valence-electron chi connectivity index (χ1n) is 7.74. The fourth-order valence-electron chi connectivity index (χ4n) is 2.78. The minimum Gasteiger partial charge on any atom is -0.487 e. The Morgan fingerprint density at radius 3 is 3.00 bits per heavy atom. The van der Waals surface area contributed by atoms with Crippen LogP contribution in [-0.4, -0.2) is 12.0 Å². The minimum atomic E-state index is -0.309. The van der Waals surface area contributed by atoms with E-state index in [-0.39, 0.29) is 11.9 Å². The van der Waals surface area contributed by atoms with Gasteiger partial charge in [-0.3, -0.25) is 0 Å². The van der Waals surface area contributed by atoms with Crippen molar-refractivity contribution in [2.24, 2.45) is 5.92 Å². The van der Waals surface area contributed by atoms with E-state index in [0.29, 0.717) is 24.0 Å². The van der Waals surface area contributed by atoms with Crippen LogP contribution in [0.15, 0.2) is 18.2 Å². The lowest BCUT2D eigenvalue weighted by Gasteiger charge is -2.29. The number of ether oxygens (including phenoxy) is 1. The summed E-state index contributed by atoms with van der Waals surface area (Å²) in [5, 5.41) is 0. The van der Waals surface area contributed by atoms with Crippen molar-refractivity contribution in [1.29, 1.82) is 0 Å². The van der Waals surface area contributed by atoms with Crippen LogP contribution in [0.2, 0.25) is 0 Å². The molecule has 1 aliphatic carbocycles. The number of halogens is 2. The molecule has 21 heavy (non-hydrogen) atoms. The molecule has 1 aliphatic rings. The molecule has 0 N–H and O–H groups in total. The number of benzene rings is 1. The van der Waals surface area contributed by atoms with Gasteiger partial charge in [0.1, 0.15) is 0 Å². The van der Waals surface area contributed by atoms with E-state index in [1.165, 1.54) is 25.3 Å². The van der Waals surface area contributed by atoms with Crippen molar-refractivity contribution < 1.29 is 9.13 Å². The second-order valence-electron chi connectivity index (χ2n) is 5.57. The highest BCUT2D eigenvalue weighted by Gasteiger charge is 2.23. The maximum atomic E-state index is 13.9. The lowest BCUT2D eigenvalue weighted by atomic mass is 9.85. The van der Waals surface area contributed by atoms with Crippen molar-refractivity contribution in [2.75, 3.05) is 5.88 Å². The third kappa shape index (κ3) is 4.93. The van der Waals surface area contributed by atoms with Crippen molar-refractivity contribution in [3.05, 3.63) is 29.6 Å². The predicted molar refractivity (Wildman–Crippen MR) is 85.3 cm³/mol. The van der Waals surface area contributed by atoms with Crippen LogP contribution in [0.5, 0.6) is 5.75 Å². The molecule has 0 heterocycles. The van der Waals surface area contributed by atoms with Crippen LogP contribution in [0.25, 0.3) is 0 Å². The smallest absolute Gasteiger partial charge is 0.165 e. The molecule has 0 radical (unpaired) electrons. The molecule has 0 saturated heterocycles. The summed E-state index contributed by atoms with van der Waals surface area (Å²) in [7, 11) is 0. The van der Waals surface area contributed by atoms with Crippen LogP contribution >= 0.6 is 11.6 Å². The zero-order valence-electron chi connectivity index (χ0n) is 12.5. The van der Waals surface area contributed by atoms with Crippen molar-refractivity contribution in [1.82, 2.24) is 0 Å². The molecular weight excluding hydrogens is 287 g/mol. The Balaban J connectivity index is 2.05. The summed E-state index contributed by atoms with van der Waals surface area (Å²) >= 11 is 5.59.